The van der Waals surface area contributed by atoms with E-state index in [9.17, 15) is 4.79 Å². The van der Waals surface area contributed by atoms with Gasteiger partial charge in [0.1, 0.15) is 5.69 Å². The van der Waals surface area contributed by atoms with Crippen molar-refractivity contribution < 1.29 is 9.53 Å². The van der Waals surface area contributed by atoms with Gasteiger partial charge in [-0.3, -0.25) is 9.89 Å². The molecule has 16 heavy (non-hydrogen) atoms. The van der Waals surface area contributed by atoms with E-state index in [0.29, 0.717) is 37.9 Å². The lowest BCUT2D eigenvalue weighted by atomic mass is 10.1. The number of carbonyl (C=O) groups excluding carboxylic acids is 1. The van der Waals surface area contributed by atoms with Crippen molar-refractivity contribution in [1.29, 1.82) is 0 Å². The first kappa shape index (κ1) is 11.1. The lowest BCUT2D eigenvalue weighted by Gasteiger charge is -2.25. The van der Waals surface area contributed by atoms with Gasteiger partial charge >= 0.3 is 0 Å². The number of aromatic nitrogens is 2. The minimum atomic E-state index is -0.00792. The summed E-state index contributed by atoms with van der Waals surface area (Å²) in [6, 6.07) is 1.84. The van der Waals surface area contributed by atoms with Gasteiger partial charge < -0.3 is 9.64 Å². The van der Waals surface area contributed by atoms with E-state index in [0.717, 1.165) is 5.69 Å². The van der Waals surface area contributed by atoms with Gasteiger partial charge in [-0.05, 0) is 12.0 Å². The largest absolute Gasteiger partial charge is 0.378 e. The van der Waals surface area contributed by atoms with Crippen LogP contribution < -0.4 is 0 Å². The summed E-state index contributed by atoms with van der Waals surface area (Å²) >= 11 is 0. The fourth-order valence-electron chi connectivity index (χ4n) is 1.67. The van der Waals surface area contributed by atoms with Crippen molar-refractivity contribution in [3.63, 3.8) is 0 Å². The summed E-state index contributed by atoms with van der Waals surface area (Å²) < 4.78 is 5.21. The number of morpholine rings is 1. The van der Waals surface area contributed by atoms with Crippen LogP contribution in [0.5, 0.6) is 0 Å². The van der Waals surface area contributed by atoms with Crippen LogP contribution in [0.25, 0.3) is 0 Å². The van der Waals surface area contributed by atoms with Gasteiger partial charge in [-0.2, -0.15) is 5.10 Å². The number of H-pyrrole nitrogens is 1. The van der Waals surface area contributed by atoms with Crippen molar-refractivity contribution in [3.05, 3.63) is 17.5 Å². The number of rotatable bonds is 2. The quantitative estimate of drug-likeness (QED) is 0.814. The lowest BCUT2D eigenvalue weighted by molar-refractivity contribution is 0.0299. The second kappa shape index (κ2) is 4.65. The van der Waals surface area contributed by atoms with Gasteiger partial charge in [0.2, 0.25) is 0 Å². The molecule has 88 valence electrons. The first-order valence-electron chi connectivity index (χ1n) is 5.61. The smallest absolute Gasteiger partial charge is 0.274 e. The number of hydrogen-bond donors (Lipinski definition) is 1. The highest BCUT2D eigenvalue weighted by atomic mass is 16.5. The van der Waals surface area contributed by atoms with E-state index in [1.54, 1.807) is 4.90 Å². The first-order valence-corrected chi connectivity index (χ1v) is 5.61. The number of hydrogen-bond acceptors (Lipinski definition) is 3. The van der Waals surface area contributed by atoms with Crippen LogP contribution in [0.1, 0.15) is 35.9 Å². The summed E-state index contributed by atoms with van der Waals surface area (Å²) in [6.07, 6.45) is 0. The fourth-order valence-corrected chi connectivity index (χ4v) is 1.67. The Bertz CT molecular complexity index is 367. The molecule has 2 rings (SSSR count). The minimum absolute atomic E-state index is 0.00792. The maximum Gasteiger partial charge on any atom is 0.274 e. The van der Waals surface area contributed by atoms with E-state index in [1.807, 2.05) is 6.07 Å². The molecule has 1 N–H and O–H groups in total. The zero-order chi connectivity index (χ0) is 11.5. The van der Waals surface area contributed by atoms with Crippen molar-refractivity contribution in [2.45, 2.75) is 19.8 Å². The highest BCUT2D eigenvalue weighted by Gasteiger charge is 2.21. The van der Waals surface area contributed by atoms with Crippen molar-refractivity contribution in [2.75, 3.05) is 26.3 Å². The molecule has 0 aromatic carbocycles. The van der Waals surface area contributed by atoms with E-state index in [-0.39, 0.29) is 5.91 Å². The predicted octanol–water partition coefficient (Wildman–Crippen LogP) is 1.01. The number of nitrogens with one attached hydrogen (secondary N) is 1. The molecule has 0 bridgehead atoms. The van der Waals surface area contributed by atoms with Crippen molar-refractivity contribution in [2.24, 2.45) is 0 Å². The number of ether oxygens (including phenoxy) is 1. The van der Waals surface area contributed by atoms with Gasteiger partial charge in [0.05, 0.1) is 13.2 Å². The molecular weight excluding hydrogens is 206 g/mol. The maximum absolute atomic E-state index is 12.0. The van der Waals surface area contributed by atoms with Gasteiger partial charge in [0.25, 0.3) is 5.91 Å². The molecule has 1 aliphatic heterocycles. The zero-order valence-electron chi connectivity index (χ0n) is 9.69. The Morgan fingerprint density at radius 1 is 1.50 bits per heavy atom. The SMILES string of the molecule is CC(C)c1cc(C(=O)N2CCOCC2)n[nH]1. The Morgan fingerprint density at radius 3 is 2.75 bits per heavy atom. The summed E-state index contributed by atoms with van der Waals surface area (Å²) in [5.41, 5.74) is 1.50. The van der Waals surface area contributed by atoms with Gasteiger partial charge in [0.15, 0.2) is 0 Å². The van der Waals surface area contributed by atoms with Crippen LogP contribution in [0, 0.1) is 0 Å². The molecule has 1 saturated heterocycles. The van der Waals surface area contributed by atoms with Crippen LogP contribution in [0.4, 0.5) is 0 Å². The highest BCUT2D eigenvalue weighted by Crippen LogP contribution is 2.13. The predicted molar refractivity (Wildman–Crippen MR) is 59.4 cm³/mol. The van der Waals surface area contributed by atoms with Gasteiger partial charge in [-0.1, -0.05) is 13.8 Å². The Hall–Kier alpha value is -1.36. The van der Waals surface area contributed by atoms with E-state index in [2.05, 4.69) is 24.0 Å². The van der Waals surface area contributed by atoms with E-state index in [4.69, 9.17) is 4.74 Å². The highest BCUT2D eigenvalue weighted by molar-refractivity contribution is 5.92. The summed E-state index contributed by atoms with van der Waals surface area (Å²) in [6.45, 7) is 6.68. The second-order valence-corrected chi connectivity index (χ2v) is 4.27. The van der Waals surface area contributed by atoms with Gasteiger partial charge in [-0.15, -0.1) is 0 Å². The van der Waals surface area contributed by atoms with E-state index < -0.39 is 0 Å². The van der Waals surface area contributed by atoms with E-state index >= 15 is 0 Å². The number of nitrogens with zero attached hydrogens (tertiary/aromatic N) is 2. The molecule has 0 spiro atoms. The first-order chi connectivity index (χ1) is 7.68. The Labute approximate surface area is 94.8 Å². The molecule has 2 heterocycles. The normalized spacial score (nSPS) is 16.8. The molecule has 5 heteroatoms. The number of carbonyl (C=O) groups is 1. The van der Waals surface area contributed by atoms with E-state index in [1.165, 1.54) is 0 Å². The summed E-state index contributed by atoms with van der Waals surface area (Å²) in [7, 11) is 0. The third kappa shape index (κ3) is 2.24. The summed E-state index contributed by atoms with van der Waals surface area (Å²) in [5, 5.41) is 6.95. The summed E-state index contributed by atoms with van der Waals surface area (Å²) in [5.74, 6) is 0.352. The lowest BCUT2D eigenvalue weighted by Crippen LogP contribution is -2.40. The molecule has 1 fully saturated rings. The average Bonchev–Trinajstić information content (AvgIpc) is 2.78. The average molecular weight is 223 g/mol. The van der Waals surface area contributed by atoms with Crippen LogP contribution in [-0.2, 0) is 4.74 Å². The molecule has 0 aliphatic carbocycles. The molecule has 0 atom stereocenters. The molecular formula is C11H17N3O2. The van der Waals surface area contributed by atoms with Crippen LogP contribution in [0.3, 0.4) is 0 Å². The van der Waals surface area contributed by atoms with Crippen molar-refractivity contribution in [3.8, 4) is 0 Å². The molecule has 0 saturated carbocycles. The van der Waals surface area contributed by atoms with Crippen LogP contribution in [0.2, 0.25) is 0 Å². The van der Waals surface area contributed by atoms with Crippen LogP contribution in [-0.4, -0.2) is 47.3 Å². The zero-order valence-corrected chi connectivity index (χ0v) is 9.69. The monoisotopic (exact) mass is 223 g/mol. The number of aromatic amines is 1. The molecule has 0 radical (unpaired) electrons. The Balaban J connectivity index is 2.07. The standard InChI is InChI=1S/C11H17N3O2/c1-8(2)9-7-10(13-12-9)11(15)14-3-5-16-6-4-14/h7-8H,3-6H2,1-2H3,(H,12,13). The molecule has 0 unspecified atom stereocenters. The third-order valence-electron chi connectivity index (χ3n) is 2.74. The minimum Gasteiger partial charge on any atom is -0.378 e. The Kier molecular flexibility index (Phi) is 3.24. The van der Waals surface area contributed by atoms with Gasteiger partial charge in [-0.25, -0.2) is 0 Å². The second-order valence-electron chi connectivity index (χ2n) is 4.27. The summed E-state index contributed by atoms with van der Waals surface area (Å²) in [4.78, 5) is 13.8. The van der Waals surface area contributed by atoms with Crippen molar-refractivity contribution >= 4 is 5.91 Å². The van der Waals surface area contributed by atoms with Crippen LogP contribution in [0.15, 0.2) is 6.07 Å². The molecule has 1 aromatic heterocycles. The van der Waals surface area contributed by atoms with Crippen LogP contribution >= 0.6 is 0 Å². The molecule has 1 amide bonds. The molecule has 5 nitrogen and oxygen atoms in total. The third-order valence-corrected chi connectivity index (χ3v) is 2.74. The van der Waals surface area contributed by atoms with Crippen molar-refractivity contribution in [1.82, 2.24) is 15.1 Å². The Morgan fingerprint density at radius 2 is 2.19 bits per heavy atom. The molecule has 1 aliphatic rings. The van der Waals surface area contributed by atoms with Gasteiger partial charge in [0, 0.05) is 18.8 Å². The maximum atomic E-state index is 12.0. The molecule has 1 aromatic rings. The topological polar surface area (TPSA) is 58.2 Å². The number of amides is 1. The fraction of sp³-hybridized carbons (Fsp3) is 0.636.